The molecule has 1 heteroatoms. The van der Waals surface area contributed by atoms with E-state index in [1.165, 1.54) is 11.1 Å². The van der Waals surface area contributed by atoms with Crippen LogP contribution in [0.25, 0.3) is 11.1 Å². The van der Waals surface area contributed by atoms with E-state index >= 15 is 0 Å². The number of benzene rings is 2. The summed E-state index contributed by atoms with van der Waals surface area (Å²) in [5.74, 6) is 0. The molecule has 0 amide bonds. The van der Waals surface area contributed by atoms with Gasteiger partial charge in [-0.25, -0.2) is 0 Å². The van der Waals surface area contributed by atoms with Gasteiger partial charge in [0.15, 0.2) is 0 Å². The third-order valence-corrected chi connectivity index (χ3v) is 2.45. The summed E-state index contributed by atoms with van der Waals surface area (Å²) < 4.78 is 0. The van der Waals surface area contributed by atoms with E-state index in [1.807, 2.05) is 30.3 Å². The molecule has 0 saturated heterocycles. The molecule has 2 aromatic rings. The first-order valence-corrected chi connectivity index (χ1v) is 4.74. The summed E-state index contributed by atoms with van der Waals surface area (Å²) in [6.07, 6.45) is 0. The molecular weight excluding hydrogens is 172 g/mol. The molecule has 0 fully saturated rings. The maximum atomic E-state index is 3.58. The second-order valence-corrected chi connectivity index (χ2v) is 3.45. The third-order valence-electron chi connectivity index (χ3n) is 2.01. The SMILES string of the molecule is [Si]c1ccccc1-c1ccccc1. The maximum Gasteiger partial charge on any atom is 0.0720 e. The molecule has 0 aromatic heterocycles. The van der Waals surface area contributed by atoms with Crippen LogP contribution in [-0.2, 0) is 0 Å². The van der Waals surface area contributed by atoms with Crippen LogP contribution in [0.15, 0.2) is 54.6 Å². The lowest BCUT2D eigenvalue weighted by Crippen LogP contribution is -2.04. The molecular formula is C12H9Si. The lowest BCUT2D eigenvalue weighted by atomic mass is 10.1. The molecule has 0 spiro atoms. The second-order valence-electron chi connectivity index (χ2n) is 2.91. The van der Waals surface area contributed by atoms with Crippen LogP contribution in [0.5, 0.6) is 0 Å². The van der Waals surface area contributed by atoms with Crippen molar-refractivity contribution in [2.75, 3.05) is 0 Å². The first kappa shape index (κ1) is 8.26. The molecule has 0 saturated carbocycles. The van der Waals surface area contributed by atoms with Gasteiger partial charge in [-0.2, -0.15) is 0 Å². The predicted molar refractivity (Wildman–Crippen MR) is 57.3 cm³/mol. The van der Waals surface area contributed by atoms with Crippen molar-refractivity contribution in [3.63, 3.8) is 0 Å². The summed E-state index contributed by atoms with van der Waals surface area (Å²) >= 11 is 0. The Bertz CT molecular complexity index is 393. The van der Waals surface area contributed by atoms with Crippen molar-refractivity contribution >= 4 is 15.4 Å². The summed E-state index contributed by atoms with van der Waals surface area (Å²) in [6.45, 7) is 0. The van der Waals surface area contributed by atoms with E-state index in [0.717, 1.165) is 5.19 Å². The van der Waals surface area contributed by atoms with Crippen molar-refractivity contribution in [3.05, 3.63) is 54.6 Å². The van der Waals surface area contributed by atoms with Crippen LogP contribution >= 0.6 is 0 Å². The molecule has 0 nitrogen and oxygen atoms in total. The summed E-state index contributed by atoms with van der Waals surface area (Å²) in [5, 5.41) is 1.13. The van der Waals surface area contributed by atoms with Crippen molar-refractivity contribution in [2.45, 2.75) is 0 Å². The molecule has 0 unspecified atom stereocenters. The standard InChI is InChI=1S/C12H9Si/c13-12-9-5-4-8-11(12)10-6-2-1-3-7-10/h1-9H. The highest BCUT2D eigenvalue weighted by Gasteiger charge is 1.97. The van der Waals surface area contributed by atoms with Gasteiger partial charge in [-0.05, 0) is 11.1 Å². The average molecular weight is 181 g/mol. The van der Waals surface area contributed by atoms with E-state index in [0.29, 0.717) is 0 Å². The third kappa shape index (κ3) is 1.70. The minimum atomic E-state index is 1.13. The van der Waals surface area contributed by atoms with Crippen LogP contribution in [-0.4, -0.2) is 10.2 Å². The highest BCUT2D eigenvalue weighted by atomic mass is 28.1. The van der Waals surface area contributed by atoms with Crippen molar-refractivity contribution < 1.29 is 0 Å². The first-order chi connectivity index (χ1) is 6.38. The quantitative estimate of drug-likeness (QED) is 0.591. The number of hydrogen-bond donors (Lipinski definition) is 0. The molecule has 2 aromatic carbocycles. The molecule has 0 aliphatic carbocycles. The van der Waals surface area contributed by atoms with E-state index in [4.69, 9.17) is 0 Å². The fraction of sp³-hybridized carbons (Fsp3) is 0. The van der Waals surface area contributed by atoms with Crippen LogP contribution in [0.2, 0.25) is 0 Å². The van der Waals surface area contributed by atoms with E-state index in [1.54, 1.807) is 0 Å². The van der Waals surface area contributed by atoms with Crippen molar-refractivity contribution in [2.24, 2.45) is 0 Å². The minimum absolute atomic E-state index is 1.13. The second kappa shape index (κ2) is 3.58. The topological polar surface area (TPSA) is 0 Å². The van der Waals surface area contributed by atoms with Gasteiger partial charge in [-0.15, -0.1) is 0 Å². The smallest absolute Gasteiger partial charge is 0.0632 e. The van der Waals surface area contributed by atoms with Gasteiger partial charge in [-0.3, -0.25) is 0 Å². The fourth-order valence-electron chi connectivity index (χ4n) is 1.35. The molecule has 0 N–H and O–H groups in total. The monoisotopic (exact) mass is 181 g/mol. The molecule has 2 rings (SSSR count). The fourth-order valence-corrected chi connectivity index (χ4v) is 1.68. The lowest BCUT2D eigenvalue weighted by Gasteiger charge is -2.04. The molecule has 13 heavy (non-hydrogen) atoms. The first-order valence-electron chi connectivity index (χ1n) is 4.24. The Morgan fingerprint density at radius 1 is 0.692 bits per heavy atom. The zero-order valence-electron chi connectivity index (χ0n) is 7.20. The Balaban J connectivity index is 2.54. The van der Waals surface area contributed by atoms with Crippen molar-refractivity contribution in [1.82, 2.24) is 0 Å². The molecule has 0 aliphatic rings. The zero-order chi connectivity index (χ0) is 9.10. The summed E-state index contributed by atoms with van der Waals surface area (Å²) in [6, 6.07) is 18.6. The maximum absolute atomic E-state index is 3.58. The van der Waals surface area contributed by atoms with E-state index in [9.17, 15) is 0 Å². The Hall–Kier alpha value is -1.34. The van der Waals surface area contributed by atoms with Gasteiger partial charge in [0.1, 0.15) is 0 Å². The van der Waals surface area contributed by atoms with E-state index < -0.39 is 0 Å². The van der Waals surface area contributed by atoms with Crippen LogP contribution in [0.3, 0.4) is 0 Å². The minimum Gasteiger partial charge on any atom is -0.0632 e. The van der Waals surface area contributed by atoms with E-state index in [-0.39, 0.29) is 0 Å². The van der Waals surface area contributed by atoms with Crippen molar-refractivity contribution in [1.29, 1.82) is 0 Å². The molecule has 0 bridgehead atoms. The number of hydrogen-bond acceptors (Lipinski definition) is 0. The molecule has 0 atom stereocenters. The predicted octanol–water partition coefficient (Wildman–Crippen LogP) is 2.15. The van der Waals surface area contributed by atoms with Gasteiger partial charge in [-0.1, -0.05) is 59.8 Å². The van der Waals surface area contributed by atoms with E-state index in [2.05, 4.69) is 34.5 Å². The molecule has 61 valence electrons. The average Bonchev–Trinajstić information content (AvgIpc) is 2.20. The Morgan fingerprint density at radius 2 is 1.31 bits per heavy atom. The van der Waals surface area contributed by atoms with Gasteiger partial charge in [0.25, 0.3) is 0 Å². The van der Waals surface area contributed by atoms with Gasteiger partial charge < -0.3 is 0 Å². The Morgan fingerprint density at radius 3 is 2.00 bits per heavy atom. The van der Waals surface area contributed by atoms with Crippen LogP contribution < -0.4 is 5.19 Å². The largest absolute Gasteiger partial charge is 0.0720 e. The van der Waals surface area contributed by atoms with Gasteiger partial charge >= 0.3 is 0 Å². The molecule has 0 aliphatic heterocycles. The lowest BCUT2D eigenvalue weighted by molar-refractivity contribution is 1.65. The van der Waals surface area contributed by atoms with Crippen LogP contribution in [0.1, 0.15) is 0 Å². The highest BCUT2D eigenvalue weighted by molar-refractivity contribution is 6.35. The van der Waals surface area contributed by atoms with Crippen LogP contribution in [0.4, 0.5) is 0 Å². The summed E-state index contributed by atoms with van der Waals surface area (Å²) in [5.41, 5.74) is 2.48. The van der Waals surface area contributed by atoms with Gasteiger partial charge in [0.2, 0.25) is 0 Å². The zero-order valence-corrected chi connectivity index (χ0v) is 8.20. The van der Waals surface area contributed by atoms with Crippen molar-refractivity contribution in [3.8, 4) is 11.1 Å². The summed E-state index contributed by atoms with van der Waals surface area (Å²) in [7, 11) is 3.58. The Kier molecular flexibility index (Phi) is 2.28. The highest BCUT2D eigenvalue weighted by Crippen LogP contribution is 2.15. The van der Waals surface area contributed by atoms with Crippen LogP contribution in [0, 0.1) is 0 Å². The molecule has 0 heterocycles. The summed E-state index contributed by atoms with van der Waals surface area (Å²) in [4.78, 5) is 0. The molecule has 3 radical (unpaired) electrons. The number of rotatable bonds is 1. The Labute approximate surface area is 81.7 Å². The van der Waals surface area contributed by atoms with Gasteiger partial charge in [0, 0.05) is 0 Å². The normalized spacial score (nSPS) is 9.92. The van der Waals surface area contributed by atoms with Gasteiger partial charge in [0.05, 0.1) is 10.2 Å².